The topological polar surface area (TPSA) is 29.3 Å². The van der Waals surface area contributed by atoms with Gasteiger partial charge in [0.2, 0.25) is 0 Å². The molecule has 0 aromatic heterocycles. The van der Waals surface area contributed by atoms with Gasteiger partial charge in [0.1, 0.15) is 0 Å². The summed E-state index contributed by atoms with van der Waals surface area (Å²) in [6, 6.07) is 8.40. The molecule has 1 aliphatic heterocycles. The fraction of sp³-hybridized carbons (Fsp3) is 0.625. The van der Waals surface area contributed by atoms with Gasteiger partial charge < -0.3 is 5.73 Å². The van der Waals surface area contributed by atoms with Crippen LogP contribution in [-0.4, -0.2) is 24.5 Å². The average Bonchev–Trinajstić information content (AvgIpc) is 2.79. The summed E-state index contributed by atoms with van der Waals surface area (Å²) >= 11 is 6.09. The Morgan fingerprint density at radius 1 is 1.42 bits per heavy atom. The minimum absolute atomic E-state index is 0.297. The van der Waals surface area contributed by atoms with Crippen molar-refractivity contribution in [3.8, 4) is 0 Å². The van der Waals surface area contributed by atoms with Gasteiger partial charge in [0.05, 0.1) is 0 Å². The number of nitrogens with zero attached hydrogens (tertiary/aromatic N) is 1. The molecule has 2 rings (SSSR count). The second kappa shape index (κ2) is 5.82. The quantitative estimate of drug-likeness (QED) is 0.915. The molecule has 0 aliphatic carbocycles. The molecule has 0 radical (unpaired) electrons. The molecule has 2 nitrogen and oxygen atoms in total. The Balaban J connectivity index is 2.12. The van der Waals surface area contributed by atoms with E-state index in [1.165, 1.54) is 12.0 Å². The van der Waals surface area contributed by atoms with Crippen LogP contribution in [0.3, 0.4) is 0 Å². The van der Waals surface area contributed by atoms with Crippen LogP contribution in [-0.2, 0) is 0 Å². The second-order valence-electron chi connectivity index (χ2n) is 6.65. The monoisotopic (exact) mass is 280 g/mol. The van der Waals surface area contributed by atoms with E-state index in [-0.39, 0.29) is 0 Å². The Kier molecular flexibility index (Phi) is 4.54. The van der Waals surface area contributed by atoms with Crippen molar-refractivity contribution in [2.75, 3.05) is 19.6 Å². The van der Waals surface area contributed by atoms with Gasteiger partial charge >= 0.3 is 0 Å². The molecule has 1 heterocycles. The molecule has 3 heteroatoms. The van der Waals surface area contributed by atoms with E-state index >= 15 is 0 Å². The van der Waals surface area contributed by atoms with E-state index in [9.17, 15) is 0 Å². The van der Waals surface area contributed by atoms with Crippen LogP contribution in [0.25, 0.3) is 0 Å². The van der Waals surface area contributed by atoms with Gasteiger partial charge in [-0.2, -0.15) is 0 Å². The zero-order valence-corrected chi connectivity index (χ0v) is 13.0. The number of hydrogen-bond acceptors (Lipinski definition) is 2. The molecule has 0 saturated carbocycles. The summed E-state index contributed by atoms with van der Waals surface area (Å²) in [6.45, 7) is 9.92. The molecular formula is C16H25ClN2. The Bertz CT molecular complexity index is 425. The van der Waals surface area contributed by atoms with E-state index in [1.54, 1.807) is 0 Å². The fourth-order valence-electron chi connectivity index (χ4n) is 2.99. The third kappa shape index (κ3) is 3.50. The minimum atomic E-state index is 0.297. The molecule has 2 atom stereocenters. The molecule has 1 aromatic rings. The van der Waals surface area contributed by atoms with Gasteiger partial charge in [-0.25, -0.2) is 0 Å². The van der Waals surface area contributed by atoms with Gasteiger partial charge in [0.25, 0.3) is 0 Å². The van der Waals surface area contributed by atoms with Crippen molar-refractivity contribution in [1.29, 1.82) is 0 Å². The summed E-state index contributed by atoms with van der Waals surface area (Å²) < 4.78 is 0. The highest BCUT2D eigenvalue weighted by molar-refractivity contribution is 6.30. The predicted molar refractivity (Wildman–Crippen MR) is 82.4 cm³/mol. The number of halogens is 1. The van der Waals surface area contributed by atoms with Crippen LogP contribution in [0.2, 0.25) is 5.02 Å². The van der Waals surface area contributed by atoms with E-state index in [0.29, 0.717) is 18.0 Å². The van der Waals surface area contributed by atoms with Crippen molar-refractivity contribution in [1.82, 2.24) is 4.90 Å². The SMILES string of the molecule is CC(C)(C)C1CCN(C(CN)c2cccc(Cl)c2)C1. The molecule has 106 valence electrons. The Morgan fingerprint density at radius 2 is 2.16 bits per heavy atom. The van der Waals surface area contributed by atoms with Crippen LogP contribution in [0, 0.1) is 11.3 Å². The number of hydrogen-bond donors (Lipinski definition) is 1. The van der Waals surface area contributed by atoms with E-state index in [1.807, 2.05) is 18.2 Å². The molecule has 2 N–H and O–H groups in total. The van der Waals surface area contributed by atoms with Gasteiger partial charge in [0, 0.05) is 24.2 Å². The summed E-state index contributed by atoms with van der Waals surface area (Å²) in [7, 11) is 0. The third-order valence-corrected chi connectivity index (χ3v) is 4.58. The molecule has 1 aliphatic rings. The number of likely N-dealkylation sites (tertiary alicyclic amines) is 1. The first-order chi connectivity index (χ1) is 8.91. The smallest absolute Gasteiger partial charge is 0.0471 e. The number of nitrogens with two attached hydrogens (primary N) is 1. The van der Waals surface area contributed by atoms with E-state index < -0.39 is 0 Å². The van der Waals surface area contributed by atoms with Crippen LogP contribution < -0.4 is 5.73 Å². The maximum Gasteiger partial charge on any atom is 0.0471 e. The fourth-order valence-corrected chi connectivity index (χ4v) is 3.19. The van der Waals surface area contributed by atoms with Crippen LogP contribution in [0.5, 0.6) is 0 Å². The molecule has 1 aromatic carbocycles. The molecule has 2 unspecified atom stereocenters. The van der Waals surface area contributed by atoms with Crippen molar-refractivity contribution in [2.24, 2.45) is 17.1 Å². The van der Waals surface area contributed by atoms with Gasteiger partial charge in [-0.1, -0.05) is 44.5 Å². The highest BCUT2D eigenvalue weighted by Gasteiger charge is 2.34. The molecule has 1 fully saturated rings. The van der Waals surface area contributed by atoms with Gasteiger partial charge in [-0.15, -0.1) is 0 Å². The van der Waals surface area contributed by atoms with Crippen LogP contribution in [0.1, 0.15) is 38.8 Å². The molecule has 0 spiro atoms. The zero-order chi connectivity index (χ0) is 14.0. The van der Waals surface area contributed by atoms with E-state index in [2.05, 4.69) is 31.7 Å². The summed E-state index contributed by atoms with van der Waals surface area (Å²) in [5.74, 6) is 0.751. The molecule has 0 bridgehead atoms. The highest BCUT2D eigenvalue weighted by Crippen LogP contribution is 2.37. The maximum absolute atomic E-state index is 6.09. The van der Waals surface area contributed by atoms with Crippen molar-refractivity contribution in [2.45, 2.75) is 33.2 Å². The van der Waals surface area contributed by atoms with E-state index in [4.69, 9.17) is 17.3 Å². The van der Waals surface area contributed by atoms with Crippen molar-refractivity contribution in [3.63, 3.8) is 0 Å². The van der Waals surface area contributed by atoms with Crippen LogP contribution in [0.15, 0.2) is 24.3 Å². The first-order valence-electron chi connectivity index (χ1n) is 7.11. The largest absolute Gasteiger partial charge is 0.329 e. The lowest BCUT2D eigenvalue weighted by Crippen LogP contribution is -2.33. The normalized spacial score (nSPS) is 22.7. The zero-order valence-electron chi connectivity index (χ0n) is 12.2. The van der Waals surface area contributed by atoms with Gasteiger partial charge in [-0.3, -0.25) is 4.90 Å². The number of rotatable bonds is 3. The van der Waals surface area contributed by atoms with Gasteiger partial charge in [-0.05, 0) is 42.0 Å². The molecule has 0 amide bonds. The average molecular weight is 281 g/mol. The van der Waals surface area contributed by atoms with E-state index in [0.717, 1.165) is 24.0 Å². The Morgan fingerprint density at radius 3 is 2.68 bits per heavy atom. The third-order valence-electron chi connectivity index (χ3n) is 4.34. The highest BCUT2D eigenvalue weighted by atomic mass is 35.5. The van der Waals surface area contributed by atoms with Gasteiger partial charge in [0.15, 0.2) is 0 Å². The lowest BCUT2D eigenvalue weighted by molar-refractivity contribution is 0.197. The predicted octanol–water partition coefficient (Wildman–Crippen LogP) is 3.71. The first-order valence-corrected chi connectivity index (χ1v) is 7.49. The van der Waals surface area contributed by atoms with Crippen LogP contribution in [0.4, 0.5) is 0 Å². The lowest BCUT2D eigenvalue weighted by Gasteiger charge is -2.30. The maximum atomic E-state index is 6.09. The summed E-state index contributed by atoms with van der Waals surface area (Å²) in [5.41, 5.74) is 7.62. The summed E-state index contributed by atoms with van der Waals surface area (Å²) in [4.78, 5) is 2.52. The lowest BCUT2D eigenvalue weighted by atomic mass is 9.80. The van der Waals surface area contributed by atoms with Crippen molar-refractivity contribution < 1.29 is 0 Å². The Hall–Kier alpha value is -0.570. The second-order valence-corrected chi connectivity index (χ2v) is 7.09. The summed E-state index contributed by atoms with van der Waals surface area (Å²) in [5, 5.41) is 0.794. The molecule has 1 saturated heterocycles. The standard InChI is InChI=1S/C16H25ClN2/c1-16(2,3)13-7-8-19(11-13)15(10-18)12-5-4-6-14(17)9-12/h4-6,9,13,15H,7-8,10-11,18H2,1-3H3. The molecule has 19 heavy (non-hydrogen) atoms. The van der Waals surface area contributed by atoms with Crippen molar-refractivity contribution in [3.05, 3.63) is 34.9 Å². The number of benzene rings is 1. The minimum Gasteiger partial charge on any atom is -0.329 e. The molecular weight excluding hydrogens is 256 g/mol. The Labute approximate surface area is 121 Å². The summed E-state index contributed by atoms with van der Waals surface area (Å²) in [6.07, 6.45) is 1.26. The van der Waals surface area contributed by atoms with Crippen LogP contribution >= 0.6 is 11.6 Å². The van der Waals surface area contributed by atoms with Crippen molar-refractivity contribution >= 4 is 11.6 Å². The first kappa shape index (κ1) is 14.8.